The minimum absolute atomic E-state index is 0.0786. The van der Waals surface area contributed by atoms with E-state index in [9.17, 15) is 13.2 Å². The molecule has 2 N–H and O–H groups in total. The second kappa shape index (κ2) is 5.01. The van der Waals surface area contributed by atoms with Crippen LogP contribution in [0.4, 0.5) is 13.2 Å². The molecule has 17 heavy (non-hydrogen) atoms. The van der Waals surface area contributed by atoms with Crippen molar-refractivity contribution in [3.8, 4) is 0 Å². The summed E-state index contributed by atoms with van der Waals surface area (Å²) < 4.78 is 45.5. The number of alkyl halides is 3. The largest absolute Gasteiger partial charge is 0.389 e. The Morgan fingerprint density at radius 3 is 2.59 bits per heavy atom. The molecular formula is C9H14F3N3O2. The molecule has 0 aliphatic rings. The van der Waals surface area contributed by atoms with Gasteiger partial charge in [-0.3, -0.25) is 0 Å². The zero-order valence-corrected chi connectivity index (χ0v) is 9.54. The predicted octanol–water partition coefficient (Wildman–Crippen LogP) is 1.38. The van der Waals surface area contributed by atoms with Gasteiger partial charge in [0.25, 0.3) is 0 Å². The Morgan fingerprint density at radius 1 is 1.41 bits per heavy atom. The molecule has 1 aromatic rings. The van der Waals surface area contributed by atoms with Crippen LogP contribution in [0.3, 0.4) is 0 Å². The lowest BCUT2D eigenvalue weighted by Crippen LogP contribution is -2.39. The summed E-state index contributed by atoms with van der Waals surface area (Å²) in [6.07, 6.45) is -5.59. The normalized spacial score (nSPS) is 15.9. The highest BCUT2D eigenvalue weighted by molar-refractivity contribution is 5.01. The highest BCUT2D eigenvalue weighted by atomic mass is 19.4. The maximum absolute atomic E-state index is 12.0. The summed E-state index contributed by atoms with van der Waals surface area (Å²) in [7, 11) is 1.45. The third-order valence-electron chi connectivity index (χ3n) is 2.05. The van der Waals surface area contributed by atoms with Crippen LogP contribution < -0.4 is 5.73 Å². The molecule has 0 amide bonds. The van der Waals surface area contributed by atoms with E-state index in [1.54, 1.807) is 6.92 Å². The van der Waals surface area contributed by atoms with Gasteiger partial charge in [-0.15, -0.1) is 0 Å². The zero-order chi connectivity index (χ0) is 13.1. The first-order chi connectivity index (χ1) is 7.74. The van der Waals surface area contributed by atoms with Gasteiger partial charge in [-0.05, 0) is 6.92 Å². The number of nitrogens with zero attached hydrogens (tertiary/aromatic N) is 2. The molecule has 0 radical (unpaired) electrons. The van der Waals surface area contributed by atoms with E-state index in [4.69, 9.17) is 15.0 Å². The van der Waals surface area contributed by atoms with Gasteiger partial charge in [0.05, 0.1) is 13.0 Å². The third-order valence-corrected chi connectivity index (χ3v) is 2.05. The maximum atomic E-state index is 12.0. The fourth-order valence-electron chi connectivity index (χ4n) is 1.20. The zero-order valence-electron chi connectivity index (χ0n) is 9.54. The number of aromatic nitrogens is 2. The summed E-state index contributed by atoms with van der Waals surface area (Å²) in [4.78, 5) is 3.82. The number of ether oxygens (including phenoxy) is 1. The SMILES string of the molecule is COCC(C)(N)c1noc(CCC(F)(F)F)n1. The summed E-state index contributed by atoms with van der Waals surface area (Å²) >= 11 is 0. The molecule has 0 aliphatic carbocycles. The van der Waals surface area contributed by atoms with Crippen LogP contribution in [0, 0.1) is 0 Å². The molecule has 0 fully saturated rings. The third kappa shape index (κ3) is 4.31. The van der Waals surface area contributed by atoms with Crippen molar-refractivity contribution in [3.63, 3.8) is 0 Å². The van der Waals surface area contributed by atoms with Crippen LogP contribution >= 0.6 is 0 Å². The van der Waals surface area contributed by atoms with Gasteiger partial charge in [0.1, 0.15) is 5.54 Å². The van der Waals surface area contributed by atoms with Gasteiger partial charge in [-0.1, -0.05) is 5.16 Å². The fourth-order valence-corrected chi connectivity index (χ4v) is 1.20. The molecule has 1 rings (SSSR count). The molecule has 1 atom stereocenters. The lowest BCUT2D eigenvalue weighted by Gasteiger charge is -2.18. The standard InChI is InChI=1S/C9H14F3N3O2/c1-8(13,5-16-2)7-14-6(17-15-7)3-4-9(10,11)12/h3-5,13H2,1-2H3. The Kier molecular flexibility index (Phi) is 4.10. The summed E-state index contributed by atoms with van der Waals surface area (Å²) in [6, 6.07) is 0. The second-order valence-corrected chi connectivity index (χ2v) is 3.98. The van der Waals surface area contributed by atoms with Gasteiger partial charge in [-0.25, -0.2) is 0 Å². The van der Waals surface area contributed by atoms with Crippen molar-refractivity contribution < 1.29 is 22.4 Å². The predicted molar refractivity (Wildman–Crippen MR) is 52.1 cm³/mol. The summed E-state index contributed by atoms with van der Waals surface area (Å²) in [5.41, 5.74) is 4.83. The van der Waals surface area contributed by atoms with Crippen LogP contribution in [0.2, 0.25) is 0 Å². The lowest BCUT2D eigenvalue weighted by atomic mass is 10.1. The molecule has 1 unspecified atom stereocenters. The molecule has 0 aromatic carbocycles. The molecule has 0 saturated heterocycles. The fraction of sp³-hybridized carbons (Fsp3) is 0.778. The molecule has 1 heterocycles. The average Bonchev–Trinajstić information content (AvgIpc) is 2.62. The Balaban J connectivity index is 2.65. The van der Waals surface area contributed by atoms with E-state index in [2.05, 4.69) is 10.1 Å². The van der Waals surface area contributed by atoms with Crippen molar-refractivity contribution in [2.24, 2.45) is 5.73 Å². The minimum Gasteiger partial charge on any atom is -0.382 e. The second-order valence-electron chi connectivity index (χ2n) is 3.98. The molecule has 0 aliphatic heterocycles. The smallest absolute Gasteiger partial charge is 0.382 e. The molecule has 0 saturated carbocycles. The van der Waals surface area contributed by atoms with Crippen molar-refractivity contribution in [2.45, 2.75) is 31.5 Å². The van der Waals surface area contributed by atoms with Gasteiger partial charge in [0, 0.05) is 13.5 Å². The molecule has 8 heteroatoms. The Labute approximate surface area is 96.1 Å². The number of nitrogens with two attached hydrogens (primary N) is 1. The summed E-state index contributed by atoms with van der Waals surface area (Å²) in [6.45, 7) is 1.75. The van der Waals surface area contributed by atoms with Crippen molar-refractivity contribution in [3.05, 3.63) is 11.7 Å². The number of hydrogen-bond donors (Lipinski definition) is 1. The van der Waals surface area contributed by atoms with Crippen LogP contribution in [0.25, 0.3) is 0 Å². The lowest BCUT2D eigenvalue weighted by molar-refractivity contribution is -0.134. The average molecular weight is 253 g/mol. The monoisotopic (exact) mass is 253 g/mol. The van der Waals surface area contributed by atoms with Crippen molar-refractivity contribution in [2.75, 3.05) is 13.7 Å². The van der Waals surface area contributed by atoms with Crippen LogP contribution in [0.5, 0.6) is 0 Å². The molecule has 5 nitrogen and oxygen atoms in total. The molecule has 0 bridgehead atoms. The first-order valence-electron chi connectivity index (χ1n) is 4.92. The molecular weight excluding hydrogens is 239 g/mol. The minimum atomic E-state index is -4.24. The highest BCUT2D eigenvalue weighted by Crippen LogP contribution is 2.22. The van der Waals surface area contributed by atoms with Crippen molar-refractivity contribution >= 4 is 0 Å². The van der Waals surface area contributed by atoms with E-state index in [1.165, 1.54) is 7.11 Å². The Morgan fingerprint density at radius 2 is 2.06 bits per heavy atom. The van der Waals surface area contributed by atoms with Crippen LogP contribution in [-0.4, -0.2) is 30.0 Å². The van der Waals surface area contributed by atoms with Crippen LogP contribution in [0.15, 0.2) is 4.52 Å². The van der Waals surface area contributed by atoms with E-state index in [0.717, 1.165) is 0 Å². The number of methoxy groups -OCH3 is 1. The van der Waals surface area contributed by atoms with Gasteiger partial charge in [-0.2, -0.15) is 18.2 Å². The Hall–Kier alpha value is -1.15. The van der Waals surface area contributed by atoms with Gasteiger partial charge in [0.2, 0.25) is 5.89 Å². The Bertz CT molecular complexity index is 363. The van der Waals surface area contributed by atoms with Crippen molar-refractivity contribution in [1.29, 1.82) is 0 Å². The number of rotatable bonds is 5. The first kappa shape index (κ1) is 13.9. The topological polar surface area (TPSA) is 74.2 Å². The van der Waals surface area contributed by atoms with Gasteiger partial charge in [0.15, 0.2) is 5.82 Å². The van der Waals surface area contributed by atoms with Gasteiger partial charge < -0.3 is 15.0 Å². The first-order valence-corrected chi connectivity index (χ1v) is 4.92. The molecule has 1 aromatic heterocycles. The number of aryl methyl sites for hydroxylation is 1. The number of halogens is 3. The van der Waals surface area contributed by atoms with E-state index in [0.29, 0.717) is 0 Å². The van der Waals surface area contributed by atoms with E-state index < -0.39 is 18.1 Å². The summed E-state index contributed by atoms with van der Waals surface area (Å²) in [5.74, 6) is 0.0571. The molecule has 0 spiro atoms. The van der Waals surface area contributed by atoms with Crippen molar-refractivity contribution in [1.82, 2.24) is 10.1 Å². The van der Waals surface area contributed by atoms with E-state index in [1.807, 2.05) is 0 Å². The summed E-state index contributed by atoms with van der Waals surface area (Å²) in [5, 5.41) is 3.55. The van der Waals surface area contributed by atoms with E-state index in [-0.39, 0.29) is 24.7 Å². The van der Waals surface area contributed by atoms with Gasteiger partial charge >= 0.3 is 6.18 Å². The maximum Gasteiger partial charge on any atom is 0.389 e. The molecule has 98 valence electrons. The highest BCUT2D eigenvalue weighted by Gasteiger charge is 2.30. The quantitative estimate of drug-likeness (QED) is 0.858. The van der Waals surface area contributed by atoms with Crippen LogP contribution in [-0.2, 0) is 16.7 Å². The van der Waals surface area contributed by atoms with Crippen LogP contribution in [0.1, 0.15) is 25.1 Å². The number of hydrogen-bond acceptors (Lipinski definition) is 5. The van der Waals surface area contributed by atoms with E-state index >= 15 is 0 Å².